The van der Waals surface area contributed by atoms with Crippen LogP contribution < -0.4 is 5.73 Å². The predicted molar refractivity (Wildman–Crippen MR) is 65.2 cm³/mol. The largest absolute Gasteiger partial charge is 0.330 e. The summed E-state index contributed by atoms with van der Waals surface area (Å²) in [6.45, 7) is 5.15. The lowest BCUT2D eigenvalue weighted by molar-refractivity contribution is 0.168. The molecule has 0 spiro atoms. The molecule has 1 aromatic heterocycles. The predicted octanol–water partition coefficient (Wildman–Crippen LogP) is 0.469. The van der Waals surface area contributed by atoms with E-state index in [0.717, 1.165) is 43.8 Å². The van der Waals surface area contributed by atoms with Crippen LogP contribution in [-0.4, -0.2) is 39.3 Å². The highest BCUT2D eigenvalue weighted by molar-refractivity contribution is 4.91. The van der Waals surface area contributed by atoms with E-state index < -0.39 is 0 Å². The molecule has 2 atom stereocenters. The van der Waals surface area contributed by atoms with E-state index in [4.69, 9.17) is 5.73 Å². The maximum Gasteiger partial charge on any atom is 0.147 e. The summed E-state index contributed by atoms with van der Waals surface area (Å²) >= 11 is 0. The first kappa shape index (κ1) is 11.2. The van der Waals surface area contributed by atoms with Crippen molar-refractivity contribution in [2.45, 2.75) is 32.4 Å². The normalized spacial score (nSPS) is 29.5. The highest BCUT2D eigenvalue weighted by atomic mass is 15.3. The summed E-state index contributed by atoms with van der Waals surface area (Å²) in [5.41, 5.74) is 5.84. The summed E-state index contributed by atoms with van der Waals surface area (Å²) in [5, 5.41) is 8.13. The molecule has 1 fully saturated rings. The molecule has 2 aliphatic rings. The van der Waals surface area contributed by atoms with Crippen LogP contribution in [0.5, 0.6) is 0 Å². The van der Waals surface area contributed by atoms with Gasteiger partial charge in [0, 0.05) is 19.6 Å². The van der Waals surface area contributed by atoms with E-state index in [2.05, 4.69) is 19.7 Å². The third kappa shape index (κ3) is 2.21. The minimum atomic E-state index is 0.745. The third-order valence-corrected chi connectivity index (χ3v) is 4.33. The third-order valence-electron chi connectivity index (χ3n) is 4.33. The molecule has 94 valence electrons. The Hall–Kier alpha value is -0.940. The lowest BCUT2D eigenvalue weighted by Crippen LogP contribution is -2.38. The highest BCUT2D eigenvalue weighted by Crippen LogP contribution is 2.32. The average Bonchev–Trinajstić information content (AvgIpc) is 2.96. The van der Waals surface area contributed by atoms with Gasteiger partial charge in [-0.1, -0.05) is 6.42 Å². The van der Waals surface area contributed by atoms with Crippen LogP contribution in [0, 0.1) is 11.8 Å². The molecule has 1 saturated carbocycles. The van der Waals surface area contributed by atoms with Crippen molar-refractivity contribution in [1.82, 2.24) is 19.7 Å². The fraction of sp³-hybridized carbons (Fsp3) is 0.833. The van der Waals surface area contributed by atoms with Gasteiger partial charge in [0.1, 0.15) is 12.2 Å². The van der Waals surface area contributed by atoms with Crippen molar-refractivity contribution in [3.8, 4) is 0 Å². The molecule has 2 N–H and O–H groups in total. The molecular formula is C12H21N5. The van der Waals surface area contributed by atoms with Crippen molar-refractivity contribution >= 4 is 0 Å². The molecule has 0 saturated heterocycles. The minimum absolute atomic E-state index is 0.745. The van der Waals surface area contributed by atoms with Crippen molar-refractivity contribution in [3.05, 3.63) is 12.2 Å². The fourth-order valence-electron chi connectivity index (χ4n) is 3.27. The van der Waals surface area contributed by atoms with Crippen LogP contribution in [-0.2, 0) is 13.1 Å². The molecular weight excluding hydrogens is 214 g/mol. The van der Waals surface area contributed by atoms with E-state index in [0.29, 0.717) is 0 Å². The first-order valence-electron chi connectivity index (χ1n) is 6.66. The van der Waals surface area contributed by atoms with Gasteiger partial charge >= 0.3 is 0 Å². The van der Waals surface area contributed by atoms with E-state index in [1.54, 1.807) is 0 Å². The van der Waals surface area contributed by atoms with Gasteiger partial charge in [0.05, 0.1) is 6.54 Å². The molecule has 0 aromatic carbocycles. The van der Waals surface area contributed by atoms with E-state index in [1.807, 2.05) is 6.33 Å². The van der Waals surface area contributed by atoms with Crippen LogP contribution in [0.25, 0.3) is 0 Å². The number of hydrogen-bond acceptors (Lipinski definition) is 4. The molecule has 0 radical (unpaired) electrons. The Labute approximate surface area is 102 Å². The Kier molecular flexibility index (Phi) is 3.11. The summed E-state index contributed by atoms with van der Waals surface area (Å²) in [7, 11) is 0. The van der Waals surface area contributed by atoms with Gasteiger partial charge in [-0.25, -0.2) is 0 Å². The van der Waals surface area contributed by atoms with Gasteiger partial charge < -0.3 is 10.3 Å². The number of rotatable bonds is 3. The summed E-state index contributed by atoms with van der Waals surface area (Å²) in [6.07, 6.45) is 5.87. The molecule has 17 heavy (non-hydrogen) atoms. The summed E-state index contributed by atoms with van der Waals surface area (Å²) in [6, 6.07) is 0. The smallest absolute Gasteiger partial charge is 0.147 e. The van der Waals surface area contributed by atoms with Crippen LogP contribution >= 0.6 is 0 Å². The Morgan fingerprint density at radius 1 is 1.29 bits per heavy atom. The topological polar surface area (TPSA) is 60.0 Å². The number of aromatic nitrogens is 3. The number of fused-ring (bicyclic) bond motifs is 1. The van der Waals surface area contributed by atoms with Gasteiger partial charge in [-0.3, -0.25) is 4.90 Å². The lowest BCUT2D eigenvalue weighted by atomic mass is 9.95. The molecule has 5 heteroatoms. The molecule has 1 aromatic rings. The second-order valence-corrected chi connectivity index (χ2v) is 5.36. The van der Waals surface area contributed by atoms with Crippen molar-refractivity contribution in [3.63, 3.8) is 0 Å². The van der Waals surface area contributed by atoms with Crippen LogP contribution in [0.2, 0.25) is 0 Å². The first-order chi connectivity index (χ1) is 8.36. The second kappa shape index (κ2) is 4.74. The Balaban J connectivity index is 1.60. The molecule has 1 aliphatic carbocycles. The Bertz CT molecular complexity index is 375. The molecule has 0 amide bonds. The molecule has 1 aliphatic heterocycles. The van der Waals surface area contributed by atoms with Crippen molar-refractivity contribution in [2.75, 3.05) is 19.6 Å². The van der Waals surface area contributed by atoms with Gasteiger partial charge in [0.2, 0.25) is 0 Å². The maximum atomic E-state index is 5.84. The first-order valence-corrected chi connectivity index (χ1v) is 6.66. The lowest BCUT2D eigenvalue weighted by Gasteiger charge is -2.31. The standard InChI is InChI=1S/C12H21N5/c13-6-10-2-1-3-11(10)7-16-4-5-17-9-14-15-12(17)8-16/h9-11H,1-8,13H2. The SMILES string of the molecule is NCC1CCCC1CN1CCn2cnnc2C1. The molecule has 2 unspecified atom stereocenters. The van der Waals surface area contributed by atoms with E-state index in [-0.39, 0.29) is 0 Å². The summed E-state index contributed by atoms with van der Waals surface area (Å²) in [4.78, 5) is 2.52. The van der Waals surface area contributed by atoms with Gasteiger partial charge in [-0.15, -0.1) is 10.2 Å². The van der Waals surface area contributed by atoms with Crippen molar-refractivity contribution in [2.24, 2.45) is 17.6 Å². The quantitative estimate of drug-likeness (QED) is 0.827. The van der Waals surface area contributed by atoms with E-state index >= 15 is 0 Å². The maximum absolute atomic E-state index is 5.84. The van der Waals surface area contributed by atoms with Crippen LogP contribution in [0.15, 0.2) is 6.33 Å². The zero-order valence-electron chi connectivity index (χ0n) is 10.3. The van der Waals surface area contributed by atoms with Crippen molar-refractivity contribution in [1.29, 1.82) is 0 Å². The highest BCUT2D eigenvalue weighted by Gasteiger charge is 2.29. The van der Waals surface area contributed by atoms with E-state index in [1.165, 1.54) is 25.8 Å². The average molecular weight is 235 g/mol. The van der Waals surface area contributed by atoms with Crippen LogP contribution in [0.1, 0.15) is 25.1 Å². The Morgan fingerprint density at radius 3 is 3.06 bits per heavy atom. The van der Waals surface area contributed by atoms with Gasteiger partial charge in [0.15, 0.2) is 0 Å². The minimum Gasteiger partial charge on any atom is -0.330 e. The van der Waals surface area contributed by atoms with Gasteiger partial charge in [-0.05, 0) is 31.2 Å². The van der Waals surface area contributed by atoms with Gasteiger partial charge in [0.25, 0.3) is 0 Å². The molecule has 2 heterocycles. The van der Waals surface area contributed by atoms with Crippen LogP contribution in [0.3, 0.4) is 0 Å². The summed E-state index contributed by atoms with van der Waals surface area (Å²) in [5.74, 6) is 2.66. The fourth-order valence-corrected chi connectivity index (χ4v) is 3.27. The monoisotopic (exact) mass is 235 g/mol. The van der Waals surface area contributed by atoms with Crippen molar-refractivity contribution < 1.29 is 0 Å². The molecule has 3 rings (SSSR count). The number of hydrogen-bond donors (Lipinski definition) is 1. The number of nitrogens with zero attached hydrogens (tertiary/aromatic N) is 4. The number of nitrogens with two attached hydrogens (primary N) is 1. The zero-order chi connectivity index (χ0) is 11.7. The van der Waals surface area contributed by atoms with E-state index in [9.17, 15) is 0 Å². The molecule has 0 bridgehead atoms. The molecule has 5 nitrogen and oxygen atoms in total. The van der Waals surface area contributed by atoms with Gasteiger partial charge in [-0.2, -0.15) is 0 Å². The summed E-state index contributed by atoms with van der Waals surface area (Å²) < 4.78 is 2.16. The second-order valence-electron chi connectivity index (χ2n) is 5.36. The Morgan fingerprint density at radius 2 is 2.18 bits per heavy atom. The zero-order valence-corrected chi connectivity index (χ0v) is 10.3. The van der Waals surface area contributed by atoms with Crippen LogP contribution in [0.4, 0.5) is 0 Å².